The van der Waals surface area contributed by atoms with E-state index in [1.807, 2.05) is 30.1 Å². The number of hydrogen-bond acceptors (Lipinski definition) is 3. The van der Waals surface area contributed by atoms with Gasteiger partial charge < -0.3 is 5.32 Å². The second kappa shape index (κ2) is 4.35. The Balaban J connectivity index is 2.34. The van der Waals surface area contributed by atoms with Crippen LogP contribution in [0.15, 0.2) is 30.7 Å². The molecule has 0 aromatic carbocycles. The first-order valence-electron chi connectivity index (χ1n) is 5.39. The molecule has 0 bridgehead atoms. The van der Waals surface area contributed by atoms with E-state index < -0.39 is 0 Å². The van der Waals surface area contributed by atoms with Crippen LogP contribution in [0.5, 0.6) is 0 Å². The molecule has 2 heterocycles. The molecule has 0 atom stereocenters. The van der Waals surface area contributed by atoms with E-state index in [4.69, 9.17) is 0 Å². The molecule has 2 aromatic heterocycles. The molecule has 0 aliphatic carbocycles. The molecule has 0 saturated carbocycles. The van der Waals surface area contributed by atoms with Crippen LogP contribution in [-0.4, -0.2) is 21.8 Å². The van der Waals surface area contributed by atoms with Gasteiger partial charge in [0.25, 0.3) is 0 Å². The summed E-state index contributed by atoms with van der Waals surface area (Å²) in [7, 11) is 1.88. The standard InChI is InChI=1S/C12H16N4/c1-9(2)12-4-5-16(15-12)11-6-10(13-3)7-14-8-11/h4-9,13H,1-3H3. The zero-order chi connectivity index (χ0) is 11.5. The lowest BCUT2D eigenvalue weighted by Gasteiger charge is -2.04. The topological polar surface area (TPSA) is 42.7 Å². The van der Waals surface area contributed by atoms with Crippen LogP contribution in [0.4, 0.5) is 5.69 Å². The quantitative estimate of drug-likeness (QED) is 0.856. The van der Waals surface area contributed by atoms with Crippen LogP contribution in [0.2, 0.25) is 0 Å². The summed E-state index contributed by atoms with van der Waals surface area (Å²) in [5, 5.41) is 7.57. The Morgan fingerprint density at radius 1 is 1.31 bits per heavy atom. The molecular formula is C12H16N4. The summed E-state index contributed by atoms with van der Waals surface area (Å²) in [6.45, 7) is 4.27. The number of nitrogens with zero attached hydrogens (tertiary/aromatic N) is 3. The van der Waals surface area contributed by atoms with E-state index in [9.17, 15) is 0 Å². The van der Waals surface area contributed by atoms with Gasteiger partial charge in [0.15, 0.2) is 0 Å². The van der Waals surface area contributed by atoms with E-state index in [0.29, 0.717) is 5.92 Å². The summed E-state index contributed by atoms with van der Waals surface area (Å²) >= 11 is 0. The van der Waals surface area contributed by atoms with Gasteiger partial charge in [-0.05, 0) is 18.1 Å². The van der Waals surface area contributed by atoms with Crippen LogP contribution >= 0.6 is 0 Å². The van der Waals surface area contributed by atoms with Crippen LogP contribution in [0.1, 0.15) is 25.5 Å². The fourth-order valence-electron chi connectivity index (χ4n) is 1.48. The molecule has 0 saturated heterocycles. The maximum Gasteiger partial charge on any atom is 0.0849 e. The fraction of sp³-hybridized carbons (Fsp3) is 0.333. The van der Waals surface area contributed by atoms with Crippen LogP contribution in [-0.2, 0) is 0 Å². The minimum absolute atomic E-state index is 0.446. The first-order chi connectivity index (χ1) is 7.70. The molecule has 0 radical (unpaired) electrons. The largest absolute Gasteiger partial charge is 0.387 e. The van der Waals surface area contributed by atoms with Crippen molar-refractivity contribution >= 4 is 5.69 Å². The third-order valence-corrected chi connectivity index (χ3v) is 2.48. The second-order valence-electron chi connectivity index (χ2n) is 4.02. The average Bonchev–Trinajstić information content (AvgIpc) is 2.78. The highest BCUT2D eigenvalue weighted by Gasteiger charge is 2.05. The number of rotatable bonds is 3. The molecule has 1 N–H and O–H groups in total. The molecule has 0 amide bonds. The molecule has 0 fully saturated rings. The van der Waals surface area contributed by atoms with Crippen molar-refractivity contribution in [2.75, 3.05) is 12.4 Å². The summed E-state index contributed by atoms with van der Waals surface area (Å²) < 4.78 is 1.85. The molecule has 4 heteroatoms. The normalized spacial score (nSPS) is 10.8. The zero-order valence-corrected chi connectivity index (χ0v) is 9.81. The van der Waals surface area contributed by atoms with Gasteiger partial charge in [-0.2, -0.15) is 5.10 Å². The summed E-state index contributed by atoms with van der Waals surface area (Å²) in [6.07, 6.45) is 5.56. The van der Waals surface area contributed by atoms with Crippen molar-refractivity contribution < 1.29 is 0 Å². The van der Waals surface area contributed by atoms with Gasteiger partial charge in [-0.15, -0.1) is 0 Å². The molecule has 2 aromatic rings. The van der Waals surface area contributed by atoms with Gasteiger partial charge in [0.2, 0.25) is 0 Å². The van der Waals surface area contributed by atoms with Gasteiger partial charge in [-0.1, -0.05) is 13.8 Å². The highest BCUT2D eigenvalue weighted by molar-refractivity contribution is 5.47. The fourth-order valence-corrected chi connectivity index (χ4v) is 1.48. The Bertz CT molecular complexity index is 473. The molecular weight excluding hydrogens is 200 g/mol. The molecule has 0 aliphatic rings. The van der Waals surface area contributed by atoms with Crippen LogP contribution in [0.25, 0.3) is 5.69 Å². The Kier molecular flexibility index (Phi) is 2.90. The molecule has 0 spiro atoms. The molecule has 16 heavy (non-hydrogen) atoms. The third-order valence-electron chi connectivity index (χ3n) is 2.48. The first-order valence-corrected chi connectivity index (χ1v) is 5.39. The van der Waals surface area contributed by atoms with Gasteiger partial charge in [0.05, 0.1) is 29.5 Å². The van der Waals surface area contributed by atoms with Gasteiger partial charge >= 0.3 is 0 Å². The van der Waals surface area contributed by atoms with Crippen molar-refractivity contribution in [2.45, 2.75) is 19.8 Å². The second-order valence-corrected chi connectivity index (χ2v) is 4.02. The summed E-state index contributed by atoms with van der Waals surface area (Å²) in [5.41, 5.74) is 3.05. The van der Waals surface area contributed by atoms with Crippen molar-refractivity contribution in [1.29, 1.82) is 0 Å². The molecule has 0 unspecified atom stereocenters. The van der Waals surface area contributed by atoms with Gasteiger partial charge in [0, 0.05) is 13.2 Å². The van der Waals surface area contributed by atoms with Crippen molar-refractivity contribution in [2.24, 2.45) is 0 Å². The molecule has 2 rings (SSSR count). The lowest BCUT2D eigenvalue weighted by atomic mass is 10.1. The van der Waals surface area contributed by atoms with E-state index in [2.05, 4.69) is 29.2 Å². The van der Waals surface area contributed by atoms with E-state index >= 15 is 0 Å². The number of anilines is 1. The van der Waals surface area contributed by atoms with E-state index in [1.165, 1.54) is 0 Å². The molecule has 84 valence electrons. The minimum atomic E-state index is 0.446. The maximum atomic E-state index is 4.50. The minimum Gasteiger partial charge on any atom is -0.387 e. The van der Waals surface area contributed by atoms with E-state index in [0.717, 1.165) is 17.1 Å². The summed E-state index contributed by atoms with van der Waals surface area (Å²) in [4.78, 5) is 4.16. The van der Waals surface area contributed by atoms with Crippen molar-refractivity contribution in [3.63, 3.8) is 0 Å². The Hall–Kier alpha value is -1.84. The van der Waals surface area contributed by atoms with Gasteiger partial charge in [0.1, 0.15) is 0 Å². The van der Waals surface area contributed by atoms with Crippen molar-refractivity contribution in [1.82, 2.24) is 14.8 Å². The monoisotopic (exact) mass is 216 g/mol. The van der Waals surface area contributed by atoms with Crippen LogP contribution < -0.4 is 5.32 Å². The summed E-state index contributed by atoms with van der Waals surface area (Å²) in [6, 6.07) is 4.06. The summed E-state index contributed by atoms with van der Waals surface area (Å²) in [5.74, 6) is 0.446. The third kappa shape index (κ3) is 2.05. The van der Waals surface area contributed by atoms with E-state index in [-0.39, 0.29) is 0 Å². The average molecular weight is 216 g/mol. The lowest BCUT2D eigenvalue weighted by molar-refractivity contribution is 0.767. The Morgan fingerprint density at radius 3 is 2.75 bits per heavy atom. The highest BCUT2D eigenvalue weighted by atomic mass is 15.3. The first kappa shape index (κ1) is 10.7. The highest BCUT2D eigenvalue weighted by Crippen LogP contribution is 2.15. The molecule has 4 nitrogen and oxygen atoms in total. The van der Waals surface area contributed by atoms with Gasteiger partial charge in [-0.25, -0.2) is 4.68 Å². The number of hydrogen-bond donors (Lipinski definition) is 1. The number of aromatic nitrogens is 3. The Morgan fingerprint density at radius 2 is 2.12 bits per heavy atom. The maximum absolute atomic E-state index is 4.50. The molecule has 0 aliphatic heterocycles. The van der Waals surface area contributed by atoms with E-state index in [1.54, 1.807) is 12.4 Å². The Labute approximate surface area is 95.3 Å². The van der Waals surface area contributed by atoms with Crippen molar-refractivity contribution in [3.05, 3.63) is 36.4 Å². The van der Waals surface area contributed by atoms with Crippen LogP contribution in [0.3, 0.4) is 0 Å². The number of nitrogens with one attached hydrogen (secondary N) is 1. The van der Waals surface area contributed by atoms with Gasteiger partial charge in [-0.3, -0.25) is 4.98 Å². The van der Waals surface area contributed by atoms with Crippen molar-refractivity contribution in [3.8, 4) is 5.69 Å². The predicted octanol–water partition coefficient (Wildman–Crippen LogP) is 2.43. The number of pyridine rings is 1. The predicted molar refractivity (Wildman–Crippen MR) is 65.0 cm³/mol. The lowest BCUT2D eigenvalue weighted by Crippen LogP contribution is -1.99. The SMILES string of the molecule is CNc1cncc(-n2ccc(C(C)C)n2)c1. The zero-order valence-electron chi connectivity index (χ0n) is 9.81. The smallest absolute Gasteiger partial charge is 0.0849 e. The van der Waals surface area contributed by atoms with Crippen LogP contribution in [0, 0.1) is 0 Å².